The Morgan fingerprint density at radius 2 is 1.75 bits per heavy atom. The maximum absolute atomic E-state index is 10.3. The molecule has 1 saturated heterocycles. The summed E-state index contributed by atoms with van der Waals surface area (Å²) in [5, 5.41) is 8.51. The van der Waals surface area contributed by atoms with Crippen LogP contribution < -0.4 is 5.73 Å². The lowest BCUT2D eigenvalue weighted by Crippen LogP contribution is -2.49. The molecule has 1 rings (SSSR count). The van der Waals surface area contributed by atoms with Crippen LogP contribution in [0.4, 0.5) is 0 Å². The first kappa shape index (κ1) is 9.44. The summed E-state index contributed by atoms with van der Waals surface area (Å²) in [6.07, 6.45) is 0. The van der Waals surface area contributed by atoms with Gasteiger partial charge in [-0.15, -0.1) is 0 Å². The second-order valence-corrected chi connectivity index (χ2v) is 2.97. The van der Waals surface area contributed by atoms with Gasteiger partial charge in [0.15, 0.2) is 0 Å². The third-order valence-electron chi connectivity index (χ3n) is 2.08. The van der Waals surface area contributed by atoms with Crippen LogP contribution >= 0.6 is 0 Å². The fraction of sp³-hybridized carbons (Fsp3) is 0.857. The van der Waals surface area contributed by atoms with E-state index < -0.39 is 5.97 Å². The van der Waals surface area contributed by atoms with Crippen LogP contribution in [0.3, 0.4) is 0 Å². The Morgan fingerprint density at radius 3 is 2.17 bits per heavy atom. The van der Waals surface area contributed by atoms with E-state index in [2.05, 4.69) is 4.90 Å². The number of aliphatic carboxylic acids is 1. The number of rotatable bonds is 3. The largest absolute Gasteiger partial charge is 0.480 e. The highest BCUT2D eigenvalue weighted by Crippen LogP contribution is 1.98. The van der Waals surface area contributed by atoms with E-state index >= 15 is 0 Å². The van der Waals surface area contributed by atoms with Crippen molar-refractivity contribution in [3.8, 4) is 0 Å². The molecule has 1 fully saturated rings. The highest BCUT2D eigenvalue weighted by Gasteiger charge is 2.16. The molecule has 0 atom stereocenters. The van der Waals surface area contributed by atoms with Gasteiger partial charge >= 0.3 is 5.97 Å². The number of carboxylic acids is 1. The Balaban J connectivity index is 2.21. The van der Waals surface area contributed by atoms with Crippen LogP contribution in [0.25, 0.3) is 0 Å². The van der Waals surface area contributed by atoms with E-state index in [4.69, 9.17) is 10.8 Å². The van der Waals surface area contributed by atoms with E-state index in [-0.39, 0.29) is 6.54 Å². The molecule has 1 aliphatic heterocycles. The summed E-state index contributed by atoms with van der Waals surface area (Å²) in [4.78, 5) is 14.4. The standard InChI is InChI=1S/C7H15N3O2/c8-6-10-3-1-9(2-4-10)5-7(11)12/h1-6,8H2,(H,11,12). The maximum Gasteiger partial charge on any atom is 0.317 e. The van der Waals surface area contributed by atoms with Crippen molar-refractivity contribution in [2.24, 2.45) is 5.73 Å². The molecule has 0 aromatic carbocycles. The van der Waals surface area contributed by atoms with Crippen LogP contribution in [0.2, 0.25) is 0 Å². The average molecular weight is 173 g/mol. The van der Waals surface area contributed by atoms with Gasteiger partial charge in [-0.1, -0.05) is 0 Å². The molecule has 12 heavy (non-hydrogen) atoms. The molecule has 0 saturated carbocycles. The van der Waals surface area contributed by atoms with Crippen molar-refractivity contribution in [2.75, 3.05) is 39.4 Å². The van der Waals surface area contributed by atoms with E-state index in [0.29, 0.717) is 6.67 Å². The molecule has 0 amide bonds. The highest BCUT2D eigenvalue weighted by molar-refractivity contribution is 5.69. The summed E-state index contributed by atoms with van der Waals surface area (Å²) >= 11 is 0. The van der Waals surface area contributed by atoms with Crippen molar-refractivity contribution < 1.29 is 9.90 Å². The normalized spacial score (nSPS) is 21.1. The number of nitrogens with zero attached hydrogens (tertiary/aromatic N) is 2. The van der Waals surface area contributed by atoms with Gasteiger partial charge in [0.25, 0.3) is 0 Å². The molecule has 70 valence electrons. The third-order valence-corrected chi connectivity index (χ3v) is 2.08. The fourth-order valence-electron chi connectivity index (χ4n) is 1.32. The number of carboxylic acid groups (broad SMARTS) is 1. The molecule has 1 heterocycles. The first-order chi connectivity index (χ1) is 5.72. The molecule has 0 aliphatic carbocycles. The Hall–Kier alpha value is -0.650. The summed E-state index contributed by atoms with van der Waals surface area (Å²) in [7, 11) is 0. The molecule has 0 bridgehead atoms. The van der Waals surface area contributed by atoms with Gasteiger partial charge in [0.1, 0.15) is 0 Å². The summed E-state index contributed by atoms with van der Waals surface area (Å²) in [5.74, 6) is -0.754. The van der Waals surface area contributed by atoms with Gasteiger partial charge in [0, 0.05) is 32.8 Å². The van der Waals surface area contributed by atoms with Crippen LogP contribution in [0.5, 0.6) is 0 Å². The van der Waals surface area contributed by atoms with E-state index in [1.807, 2.05) is 4.90 Å². The number of carbonyl (C=O) groups is 1. The van der Waals surface area contributed by atoms with Crippen molar-refractivity contribution in [3.05, 3.63) is 0 Å². The quantitative estimate of drug-likeness (QED) is 0.549. The van der Waals surface area contributed by atoms with Crippen LogP contribution in [0.1, 0.15) is 0 Å². The first-order valence-corrected chi connectivity index (χ1v) is 4.09. The minimum absolute atomic E-state index is 0.151. The second-order valence-electron chi connectivity index (χ2n) is 2.97. The number of hydrogen-bond donors (Lipinski definition) is 2. The van der Waals surface area contributed by atoms with Crippen molar-refractivity contribution in [2.45, 2.75) is 0 Å². The van der Waals surface area contributed by atoms with E-state index in [1.165, 1.54) is 0 Å². The Kier molecular flexibility index (Phi) is 3.46. The van der Waals surface area contributed by atoms with Gasteiger partial charge in [-0.2, -0.15) is 0 Å². The molecule has 0 aromatic rings. The molecule has 3 N–H and O–H groups in total. The minimum Gasteiger partial charge on any atom is -0.480 e. The van der Waals surface area contributed by atoms with Gasteiger partial charge < -0.3 is 10.8 Å². The van der Waals surface area contributed by atoms with Gasteiger partial charge in [0.05, 0.1) is 6.54 Å². The smallest absolute Gasteiger partial charge is 0.317 e. The lowest BCUT2D eigenvalue weighted by molar-refractivity contribution is -0.138. The zero-order valence-corrected chi connectivity index (χ0v) is 7.07. The predicted molar refractivity (Wildman–Crippen MR) is 44.7 cm³/mol. The molecule has 0 radical (unpaired) electrons. The minimum atomic E-state index is -0.754. The summed E-state index contributed by atoms with van der Waals surface area (Å²) in [5.41, 5.74) is 5.44. The molecule has 5 nitrogen and oxygen atoms in total. The van der Waals surface area contributed by atoms with Crippen LogP contribution in [0.15, 0.2) is 0 Å². The monoisotopic (exact) mass is 173 g/mol. The maximum atomic E-state index is 10.3. The fourth-order valence-corrected chi connectivity index (χ4v) is 1.32. The lowest BCUT2D eigenvalue weighted by Gasteiger charge is -2.32. The Morgan fingerprint density at radius 1 is 1.25 bits per heavy atom. The summed E-state index contributed by atoms with van der Waals surface area (Å²) < 4.78 is 0. The van der Waals surface area contributed by atoms with Crippen molar-refractivity contribution in [1.29, 1.82) is 0 Å². The van der Waals surface area contributed by atoms with Gasteiger partial charge in [-0.25, -0.2) is 0 Å². The number of nitrogens with two attached hydrogens (primary N) is 1. The van der Waals surface area contributed by atoms with Crippen molar-refractivity contribution in [3.63, 3.8) is 0 Å². The molecule has 0 spiro atoms. The number of hydrogen-bond acceptors (Lipinski definition) is 4. The van der Waals surface area contributed by atoms with Gasteiger partial charge in [-0.3, -0.25) is 14.6 Å². The third kappa shape index (κ3) is 2.77. The van der Waals surface area contributed by atoms with Gasteiger partial charge in [-0.05, 0) is 0 Å². The van der Waals surface area contributed by atoms with Crippen molar-refractivity contribution in [1.82, 2.24) is 9.80 Å². The Labute approximate surface area is 71.7 Å². The summed E-state index contributed by atoms with van der Waals surface area (Å²) in [6.45, 7) is 4.10. The van der Waals surface area contributed by atoms with Crippen molar-refractivity contribution >= 4 is 5.97 Å². The molecule has 0 unspecified atom stereocenters. The predicted octanol–water partition coefficient (Wildman–Crippen LogP) is -1.40. The average Bonchev–Trinajstić information content (AvgIpc) is 2.05. The van der Waals surface area contributed by atoms with E-state index in [9.17, 15) is 4.79 Å². The molecule has 0 aromatic heterocycles. The summed E-state index contributed by atoms with van der Waals surface area (Å²) in [6, 6.07) is 0. The first-order valence-electron chi connectivity index (χ1n) is 4.09. The zero-order chi connectivity index (χ0) is 8.97. The van der Waals surface area contributed by atoms with E-state index in [1.54, 1.807) is 0 Å². The molecule has 5 heteroatoms. The zero-order valence-electron chi connectivity index (χ0n) is 7.07. The van der Waals surface area contributed by atoms with Gasteiger partial charge in [0.2, 0.25) is 0 Å². The molecular formula is C7H15N3O2. The number of piperazine rings is 1. The van der Waals surface area contributed by atoms with Crippen LogP contribution in [-0.4, -0.2) is 60.3 Å². The highest BCUT2D eigenvalue weighted by atomic mass is 16.4. The molecule has 1 aliphatic rings. The Bertz CT molecular complexity index is 155. The molecular weight excluding hydrogens is 158 g/mol. The van der Waals surface area contributed by atoms with Crippen LogP contribution in [0, 0.1) is 0 Å². The topological polar surface area (TPSA) is 69.8 Å². The van der Waals surface area contributed by atoms with E-state index in [0.717, 1.165) is 26.2 Å². The second kappa shape index (κ2) is 4.39. The lowest BCUT2D eigenvalue weighted by atomic mass is 10.3. The van der Waals surface area contributed by atoms with Crippen LogP contribution in [-0.2, 0) is 4.79 Å². The SMILES string of the molecule is NCN1CCN(CC(=O)O)CC1.